The minimum atomic E-state index is -0.280. The highest BCUT2D eigenvalue weighted by molar-refractivity contribution is 5.45. The second-order valence-corrected chi connectivity index (χ2v) is 3.63. The largest absolute Gasteiger partial charge is 0.392 e. The Balaban J connectivity index is 2.58. The summed E-state index contributed by atoms with van der Waals surface area (Å²) < 4.78 is 10.3. The molecule has 90 valence electrons. The number of benzene rings is 1. The molecule has 0 fully saturated rings. The van der Waals surface area contributed by atoms with Crippen LogP contribution >= 0.6 is 0 Å². The predicted octanol–water partition coefficient (Wildman–Crippen LogP) is 1.60. The van der Waals surface area contributed by atoms with Gasteiger partial charge in [-0.05, 0) is 24.6 Å². The Labute approximate surface area is 96.2 Å². The minimum absolute atomic E-state index is 0.0509. The van der Waals surface area contributed by atoms with E-state index in [0.29, 0.717) is 0 Å². The van der Waals surface area contributed by atoms with E-state index in [4.69, 9.17) is 14.6 Å². The van der Waals surface area contributed by atoms with Gasteiger partial charge in [0, 0.05) is 19.9 Å². The summed E-state index contributed by atoms with van der Waals surface area (Å²) in [6.07, 6.45) is -0.280. The highest BCUT2D eigenvalue weighted by Gasteiger charge is 2.14. The first-order valence-corrected chi connectivity index (χ1v) is 5.23. The van der Waals surface area contributed by atoms with Crippen LogP contribution in [0.25, 0.3) is 0 Å². The molecule has 0 saturated carbocycles. The van der Waals surface area contributed by atoms with Crippen LogP contribution in [0.5, 0.6) is 0 Å². The van der Waals surface area contributed by atoms with Crippen LogP contribution < -0.4 is 5.32 Å². The number of ether oxygens (including phenoxy) is 2. The second kappa shape index (κ2) is 6.48. The fourth-order valence-electron chi connectivity index (χ4n) is 1.54. The van der Waals surface area contributed by atoms with Crippen molar-refractivity contribution in [3.63, 3.8) is 0 Å². The molecule has 0 aliphatic carbocycles. The lowest BCUT2D eigenvalue weighted by Crippen LogP contribution is -2.33. The first-order chi connectivity index (χ1) is 7.71. The van der Waals surface area contributed by atoms with Crippen molar-refractivity contribution in [1.82, 2.24) is 0 Å². The minimum Gasteiger partial charge on any atom is -0.392 e. The number of aliphatic hydroxyl groups is 1. The molecule has 0 amide bonds. The van der Waals surface area contributed by atoms with Gasteiger partial charge in [0.05, 0.1) is 12.6 Å². The van der Waals surface area contributed by atoms with E-state index in [9.17, 15) is 0 Å². The molecule has 0 aromatic heterocycles. The highest BCUT2D eigenvalue weighted by Crippen LogP contribution is 2.13. The SMILES string of the molecule is COC(OC)C(C)Nc1ccc(CO)cc1. The average Bonchev–Trinajstić information content (AvgIpc) is 2.31. The summed E-state index contributed by atoms with van der Waals surface area (Å²) in [4.78, 5) is 0. The van der Waals surface area contributed by atoms with Crippen molar-refractivity contribution in [2.45, 2.75) is 25.9 Å². The third-order valence-corrected chi connectivity index (χ3v) is 2.40. The van der Waals surface area contributed by atoms with E-state index in [2.05, 4.69) is 5.32 Å². The Morgan fingerprint density at radius 3 is 2.19 bits per heavy atom. The van der Waals surface area contributed by atoms with Crippen molar-refractivity contribution in [1.29, 1.82) is 0 Å². The van der Waals surface area contributed by atoms with Crippen LogP contribution in [0.3, 0.4) is 0 Å². The van der Waals surface area contributed by atoms with Crippen LogP contribution in [0.2, 0.25) is 0 Å². The summed E-state index contributed by atoms with van der Waals surface area (Å²) in [5.41, 5.74) is 1.87. The summed E-state index contributed by atoms with van der Waals surface area (Å²) in [5, 5.41) is 12.2. The number of anilines is 1. The predicted molar refractivity (Wildman–Crippen MR) is 63.3 cm³/mol. The summed E-state index contributed by atoms with van der Waals surface area (Å²) >= 11 is 0. The van der Waals surface area contributed by atoms with E-state index < -0.39 is 0 Å². The van der Waals surface area contributed by atoms with Gasteiger partial charge in [-0.1, -0.05) is 12.1 Å². The molecule has 0 aliphatic heterocycles. The Morgan fingerprint density at radius 2 is 1.75 bits per heavy atom. The lowest BCUT2D eigenvalue weighted by Gasteiger charge is -2.23. The fourth-order valence-corrected chi connectivity index (χ4v) is 1.54. The number of nitrogens with one attached hydrogen (secondary N) is 1. The van der Waals surface area contributed by atoms with Gasteiger partial charge in [-0.3, -0.25) is 0 Å². The number of aliphatic hydroxyl groups excluding tert-OH is 1. The molecule has 4 heteroatoms. The number of hydrogen-bond donors (Lipinski definition) is 2. The third kappa shape index (κ3) is 3.48. The Bertz CT molecular complexity index is 296. The van der Waals surface area contributed by atoms with Gasteiger partial charge >= 0.3 is 0 Å². The van der Waals surface area contributed by atoms with Gasteiger partial charge in [0.1, 0.15) is 0 Å². The van der Waals surface area contributed by atoms with Gasteiger partial charge < -0.3 is 19.9 Å². The van der Waals surface area contributed by atoms with Crippen LogP contribution in [-0.2, 0) is 16.1 Å². The van der Waals surface area contributed by atoms with Gasteiger partial charge in [0.25, 0.3) is 0 Å². The topological polar surface area (TPSA) is 50.7 Å². The van der Waals surface area contributed by atoms with Crippen molar-refractivity contribution in [3.05, 3.63) is 29.8 Å². The molecule has 0 spiro atoms. The Kier molecular flexibility index (Phi) is 5.25. The van der Waals surface area contributed by atoms with E-state index in [1.54, 1.807) is 14.2 Å². The molecule has 1 aromatic carbocycles. The van der Waals surface area contributed by atoms with Crippen LogP contribution in [0.1, 0.15) is 12.5 Å². The van der Waals surface area contributed by atoms with Gasteiger partial charge in [-0.25, -0.2) is 0 Å². The van der Waals surface area contributed by atoms with E-state index in [-0.39, 0.29) is 18.9 Å². The second-order valence-electron chi connectivity index (χ2n) is 3.63. The highest BCUT2D eigenvalue weighted by atomic mass is 16.7. The van der Waals surface area contributed by atoms with Gasteiger partial charge in [0.2, 0.25) is 0 Å². The lowest BCUT2D eigenvalue weighted by molar-refractivity contribution is -0.109. The molecule has 0 radical (unpaired) electrons. The van der Waals surface area contributed by atoms with Crippen LogP contribution in [-0.4, -0.2) is 31.7 Å². The Hall–Kier alpha value is -1.10. The summed E-state index contributed by atoms with van der Waals surface area (Å²) in [5.74, 6) is 0. The van der Waals surface area contributed by atoms with Gasteiger partial charge in [0.15, 0.2) is 6.29 Å². The summed E-state index contributed by atoms with van der Waals surface area (Å²) in [6, 6.07) is 7.65. The van der Waals surface area contributed by atoms with Crippen LogP contribution in [0.4, 0.5) is 5.69 Å². The molecule has 0 heterocycles. The maximum Gasteiger partial charge on any atom is 0.176 e. The van der Waals surface area contributed by atoms with Crippen molar-refractivity contribution >= 4 is 5.69 Å². The zero-order chi connectivity index (χ0) is 12.0. The van der Waals surface area contributed by atoms with Crippen molar-refractivity contribution in [3.8, 4) is 0 Å². The van der Waals surface area contributed by atoms with E-state index in [1.807, 2.05) is 31.2 Å². The monoisotopic (exact) mass is 225 g/mol. The first-order valence-electron chi connectivity index (χ1n) is 5.23. The average molecular weight is 225 g/mol. The van der Waals surface area contributed by atoms with E-state index >= 15 is 0 Å². The van der Waals surface area contributed by atoms with Crippen LogP contribution in [0, 0.1) is 0 Å². The molecule has 2 N–H and O–H groups in total. The molecule has 4 nitrogen and oxygen atoms in total. The molecule has 0 saturated heterocycles. The van der Waals surface area contributed by atoms with Crippen LogP contribution in [0.15, 0.2) is 24.3 Å². The molecule has 16 heavy (non-hydrogen) atoms. The van der Waals surface area contributed by atoms with Gasteiger partial charge in [-0.15, -0.1) is 0 Å². The number of methoxy groups -OCH3 is 2. The third-order valence-electron chi connectivity index (χ3n) is 2.40. The molecule has 1 aromatic rings. The molecule has 0 aliphatic rings. The maximum absolute atomic E-state index is 8.91. The zero-order valence-electron chi connectivity index (χ0n) is 9.93. The van der Waals surface area contributed by atoms with Crippen molar-refractivity contribution < 1.29 is 14.6 Å². The maximum atomic E-state index is 8.91. The fraction of sp³-hybridized carbons (Fsp3) is 0.500. The van der Waals surface area contributed by atoms with E-state index in [1.165, 1.54) is 0 Å². The van der Waals surface area contributed by atoms with Gasteiger partial charge in [-0.2, -0.15) is 0 Å². The molecule has 1 rings (SSSR count). The normalized spacial score (nSPS) is 12.8. The molecular formula is C12H19NO3. The summed E-state index contributed by atoms with van der Waals surface area (Å²) in [6.45, 7) is 2.05. The summed E-state index contributed by atoms with van der Waals surface area (Å²) in [7, 11) is 3.22. The molecular weight excluding hydrogens is 206 g/mol. The smallest absolute Gasteiger partial charge is 0.176 e. The standard InChI is InChI=1S/C12H19NO3/c1-9(12(15-2)16-3)13-11-6-4-10(8-14)5-7-11/h4-7,9,12-14H,8H2,1-3H3. The lowest BCUT2D eigenvalue weighted by atomic mass is 10.2. The molecule has 0 bridgehead atoms. The Morgan fingerprint density at radius 1 is 1.19 bits per heavy atom. The first kappa shape index (κ1) is 13.0. The molecule has 1 unspecified atom stereocenters. The molecule has 1 atom stereocenters. The zero-order valence-corrected chi connectivity index (χ0v) is 9.93. The number of rotatable bonds is 6. The van der Waals surface area contributed by atoms with Crippen molar-refractivity contribution in [2.75, 3.05) is 19.5 Å². The quantitative estimate of drug-likeness (QED) is 0.722. The van der Waals surface area contributed by atoms with E-state index in [0.717, 1.165) is 11.3 Å². The number of hydrogen-bond acceptors (Lipinski definition) is 4. The van der Waals surface area contributed by atoms with Crippen molar-refractivity contribution in [2.24, 2.45) is 0 Å².